The van der Waals surface area contributed by atoms with Gasteiger partial charge in [-0.25, -0.2) is 0 Å². The smallest absolute Gasteiger partial charge is 0.123 e. The predicted octanol–water partition coefficient (Wildman–Crippen LogP) is 3.51. The first kappa shape index (κ1) is 18.8. The zero-order chi connectivity index (χ0) is 17.5. The molecule has 4 nitrogen and oxygen atoms in total. The molecular weight excluding hydrogens is 296 g/mol. The minimum atomic E-state index is -0.137. The predicted molar refractivity (Wildman–Crippen MR) is 101 cm³/mol. The van der Waals surface area contributed by atoms with Crippen molar-refractivity contribution in [2.45, 2.75) is 46.2 Å². The van der Waals surface area contributed by atoms with Crippen molar-refractivity contribution in [1.29, 1.82) is 5.26 Å². The second-order valence-electron chi connectivity index (χ2n) is 6.68. The minimum absolute atomic E-state index is 0.137. The van der Waals surface area contributed by atoms with Crippen LogP contribution in [-0.4, -0.2) is 55.1 Å². The summed E-state index contributed by atoms with van der Waals surface area (Å²) in [4.78, 5) is 7.20. The molecule has 0 amide bonds. The number of nitriles is 1. The molecule has 2 rings (SSSR count). The fraction of sp³-hybridized carbons (Fsp3) is 0.650. The number of hydrogen-bond acceptors (Lipinski definition) is 4. The molecule has 1 fully saturated rings. The molecule has 2 unspecified atom stereocenters. The van der Waals surface area contributed by atoms with Crippen LogP contribution in [0.25, 0.3) is 0 Å². The van der Waals surface area contributed by atoms with E-state index >= 15 is 0 Å². The lowest BCUT2D eigenvalue weighted by Gasteiger charge is -2.41. The summed E-state index contributed by atoms with van der Waals surface area (Å²) in [5, 5.41) is 9.74. The Kier molecular flexibility index (Phi) is 7.08. The monoisotopic (exact) mass is 328 g/mol. The van der Waals surface area contributed by atoms with Crippen molar-refractivity contribution < 1.29 is 0 Å². The largest absolute Gasteiger partial charge is 0.372 e. The highest BCUT2D eigenvalue weighted by Crippen LogP contribution is 2.25. The third-order valence-corrected chi connectivity index (χ3v) is 5.13. The molecule has 4 heteroatoms. The number of anilines is 1. The maximum absolute atomic E-state index is 9.74. The summed E-state index contributed by atoms with van der Waals surface area (Å²) in [6.45, 7) is 15.0. The van der Waals surface area contributed by atoms with E-state index < -0.39 is 0 Å². The lowest BCUT2D eigenvalue weighted by atomic mass is 10.0. The van der Waals surface area contributed by atoms with Gasteiger partial charge in [0.15, 0.2) is 0 Å². The van der Waals surface area contributed by atoms with Gasteiger partial charge in [-0.05, 0) is 51.4 Å². The first-order valence-electron chi connectivity index (χ1n) is 9.37. The van der Waals surface area contributed by atoms with Crippen LogP contribution < -0.4 is 4.90 Å². The van der Waals surface area contributed by atoms with Crippen LogP contribution in [0.4, 0.5) is 5.69 Å². The fourth-order valence-corrected chi connectivity index (χ4v) is 3.70. The quantitative estimate of drug-likeness (QED) is 0.767. The third kappa shape index (κ3) is 4.28. The molecule has 0 saturated carbocycles. The summed E-state index contributed by atoms with van der Waals surface area (Å²) in [5.74, 6) is 0. The van der Waals surface area contributed by atoms with Gasteiger partial charge in [0.1, 0.15) is 6.04 Å². The Labute approximate surface area is 147 Å². The lowest BCUT2D eigenvalue weighted by Crippen LogP contribution is -2.52. The Bertz CT molecular complexity index is 530. The van der Waals surface area contributed by atoms with E-state index in [1.54, 1.807) is 0 Å². The molecule has 1 aliphatic heterocycles. The molecule has 2 atom stereocenters. The van der Waals surface area contributed by atoms with Crippen LogP contribution in [0.5, 0.6) is 0 Å². The van der Waals surface area contributed by atoms with Crippen molar-refractivity contribution in [2.75, 3.05) is 44.2 Å². The average Bonchev–Trinajstić information content (AvgIpc) is 2.60. The van der Waals surface area contributed by atoms with Crippen molar-refractivity contribution in [1.82, 2.24) is 9.80 Å². The summed E-state index contributed by atoms with van der Waals surface area (Å²) < 4.78 is 0. The summed E-state index contributed by atoms with van der Waals surface area (Å²) >= 11 is 0. The molecule has 132 valence electrons. The molecule has 0 N–H and O–H groups in total. The van der Waals surface area contributed by atoms with E-state index in [4.69, 9.17) is 0 Å². The molecule has 0 spiro atoms. The van der Waals surface area contributed by atoms with Crippen molar-refractivity contribution in [3.63, 3.8) is 0 Å². The Morgan fingerprint density at radius 3 is 2.33 bits per heavy atom. The van der Waals surface area contributed by atoms with Gasteiger partial charge in [-0.3, -0.25) is 9.80 Å². The van der Waals surface area contributed by atoms with Gasteiger partial charge in [-0.1, -0.05) is 19.1 Å². The van der Waals surface area contributed by atoms with E-state index in [1.165, 1.54) is 12.1 Å². The Balaban J connectivity index is 2.08. The first-order valence-corrected chi connectivity index (χ1v) is 9.37. The van der Waals surface area contributed by atoms with Crippen LogP contribution in [0, 0.1) is 11.3 Å². The Morgan fingerprint density at radius 2 is 1.83 bits per heavy atom. The van der Waals surface area contributed by atoms with E-state index in [2.05, 4.69) is 72.7 Å². The molecule has 0 aliphatic carbocycles. The standard InChI is InChI=1S/C20H32N4/c1-5-12-23-13-14-24(16-17(23)4)20(15-21)18-8-10-19(11-9-18)22(6-2)7-3/h8-11,17,20H,5-7,12-14,16H2,1-4H3. The number of nitrogens with zero attached hydrogens (tertiary/aromatic N) is 4. The molecule has 0 aromatic heterocycles. The second-order valence-corrected chi connectivity index (χ2v) is 6.68. The molecule has 0 bridgehead atoms. The van der Waals surface area contributed by atoms with Gasteiger partial charge in [-0.15, -0.1) is 0 Å². The first-order chi connectivity index (χ1) is 11.6. The minimum Gasteiger partial charge on any atom is -0.372 e. The van der Waals surface area contributed by atoms with Gasteiger partial charge >= 0.3 is 0 Å². The van der Waals surface area contributed by atoms with E-state index in [1.807, 2.05) is 0 Å². The summed E-state index contributed by atoms with van der Waals surface area (Å²) in [5.41, 5.74) is 2.35. The van der Waals surface area contributed by atoms with Crippen LogP contribution in [0.1, 0.15) is 45.7 Å². The summed E-state index contributed by atoms with van der Waals surface area (Å²) in [6.07, 6.45) is 1.19. The summed E-state index contributed by atoms with van der Waals surface area (Å²) in [7, 11) is 0. The van der Waals surface area contributed by atoms with Gasteiger partial charge in [0.25, 0.3) is 0 Å². The van der Waals surface area contributed by atoms with Crippen LogP contribution in [0.2, 0.25) is 0 Å². The Morgan fingerprint density at radius 1 is 1.17 bits per heavy atom. The van der Waals surface area contributed by atoms with Crippen molar-refractivity contribution in [3.05, 3.63) is 29.8 Å². The van der Waals surface area contributed by atoms with Crippen LogP contribution in [0.15, 0.2) is 24.3 Å². The topological polar surface area (TPSA) is 33.5 Å². The van der Waals surface area contributed by atoms with Gasteiger partial charge in [-0.2, -0.15) is 5.26 Å². The normalized spacial score (nSPS) is 20.5. The van der Waals surface area contributed by atoms with Crippen molar-refractivity contribution in [2.24, 2.45) is 0 Å². The molecule has 1 heterocycles. The lowest BCUT2D eigenvalue weighted by molar-refractivity contribution is 0.0690. The zero-order valence-electron chi connectivity index (χ0n) is 15.7. The third-order valence-electron chi connectivity index (χ3n) is 5.13. The van der Waals surface area contributed by atoms with E-state index in [0.29, 0.717) is 6.04 Å². The number of benzene rings is 1. The van der Waals surface area contributed by atoms with Gasteiger partial charge in [0.05, 0.1) is 6.07 Å². The van der Waals surface area contributed by atoms with E-state index in [9.17, 15) is 5.26 Å². The molecule has 0 radical (unpaired) electrons. The van der Waals surface area contributed by atoms with Gasteiger partial charge in [0, 0.05) is 44.5 Å². The highest BCUT2D eigenvalue weighted by Gasteiger charge is 2.28. The maximum atomic E-state index is 9.74. The van der Waals surface area contributed by atoms with Crippen molar-refractivity contribution in [3.8, 4) is 6.07 Å². The molecule has 1 aliphatic rings. The molecule has 24 heavy (non-hydrogen) atoms. The highest BCUT2D eigenvalue weighted by molar-refractivity contribution is 5.48. The number of hydrogen-bond donors (Lipinski definition) is 0. The fourth-order valence-electron chi connectivity index (χ4n) is 3.70. The number of rotatable bonds is 7. The molecular formula is C20H32N4. The molecule has 1 aromatic carbocycles. The van der Waals surface area contributed by atoms with Crippen LogP contribution in [0.3, 0.4) is 0 Å². The highest BCUT2D eigenvalue weighted by atomic mass is 15.3. The maximum Gasteiger partial charge on any atom is 0.123 e. The van der Waals surface area contributed by atoms with Crippen molar-refractivity contribution >= 4 is 5.69 Å². The Hall–Kier alpha value is -1.57. The molecule has 1 aromatic rings. The van der Waals surface area contributed by atoms with Gasteiger partial charge < -0.3 is 4.90 Å². The van der Waals surface area contributed by atoms with Gasteiger partial charge in [0.2, 0.25) is 0 Å². The SMILES string of the molecule is CCCN1CCN(C(C#N)c2ccc(N(CC)CC)cc2)CC1C. The van der Waals surface area contributed by atoms with Crippen LogP contribution in [-0.2, 0) is 0 Å². The molecule has 1 saturated heterocycles. The second kappa shape index (κ2) is 9.05. The van der Waals surface area contributed by atoms with E-state index in [0.717, 1.165) is 44.8 Å². The zero-order valence-corrected chi connectivity index (χ0v) is 15.7. The average molecular weight is 329 g/mol. The van der Waals surface area contributed by atoms with Crippen LogP contribution >= 0.6 is 0 Å². The number of piperazine rings is 1. The summed E-state index contributed by atoms with van der Waals surface area (Å²) in [6, 6.07) is 11.5. The van der Waals surface area contributed by atoms with E-state index in [-0.39, 0.29) is 6.04 Å².